The van der Waals surface area contributed by atoms with Crippen LogP contribution in [0.2, 0.25) is 0 Å². The zero-order chi connectivity index (χ0) is 9.47. The van der Waals surface area contributed by atoms with Crippen molar-refractivity contribution in [3.05, 3.63) is 0 Å². The summed E-state index contributed by atoms with van der Waals surface area (Å²) in [5, 5.41) is 2.80. The van der Waals surface area contributed by atoms with Gasteiger partial charge in [-0.1, -0.05) is 0 Å². The minimum Gasteiger partial charge on any atom is -0.322 e. The lowest BCUT2D eigenvalue weighted by molar-refractivity contribution is -0.130. The van der Waals surface area contributed by atoms with Crippen LogP contribution in [0.4, 0.5) is 4.79 Å². The Bertz CT molecular complexity index is 261. The van der Waals surface area contributed by atoms with Crippen LogP contribution in [0, 0.1) is 0 Å². The average molecular weight is 200 g/mol. The number of hydrogen-bond donors (Lipinski definition) is 1. The molecule has 0 radical (unpaired) electrons. The lowest BCUT2D eigenvalue weighted by Crippen LogP contribution is -2.46. The second-order valence-corrected chi connectivity index (χ2v) is 4.47. The molecule has 3 amide bonds. The van der Waals surface area contributed by atoms with Crippen molar-refractivity contribution in [2.75, 3.05) is 18.1 Å². The molecular weight excluding hydrogens is 188 g/mol. The second-order valence-electron chi connectivity index (χ2n) is 3.36. The van der Waals surface area contributed by atoms with Crippen molar-refractivity contribution in [3.63, 3.8) is 0 Å². The van der Waals surface area contributed by atoms with Gasteiger partial charge in [0.15, 0.2) is 0 Å². The van der Waals surface area contributed by atoms with E-state index < -0.39 is 5.54 Å². The lowest BCUT2D eigenvalue weighted by atomic mass is 9.99. The molecule has 2 rings (SSSR count). The average Bonchev–Trinajstić information content (AvgIpc) is 2.62. The van der Waals surface area contributed by atoms with Crippen molar-refractivity contribution >= 4 is 23.7 Å². The number of urea groups is 1. The molecular formula is C8H12N2O2S. The lowest BCUT2D eigenvalue weighted by Gasteiger charge is -2.18. The predicted octanol–water partition coefficient (Wildman–Crippen LogP) is 0.434. The van der Waals surface area contributed by atoms with Gasteiger partial charge < -0.3 is 5.32 Å². The van der Waals surface area contributed by atoms with Crippen molar-refractivity contribution in [2.24, 2.45) is 0 Å². The van der Waals surface area contributed by atoms with E-state index in [9.17, 15) is 9.59 Å². The molecule has 0 aromatic heterocycles. The van der Waals surface area contributed by atoms with Gasteiger partial charge in [-0.25, -0.2) is 4.79 Å². The van der Waals surface area contributed by atoms with Crippen LogP contribution in [0.15, 0.2) is 0 Å². The topological polar surface area (TPSA) is 49.4 Å². The highest BCUT2D eigenvalue weighted by Crippen LogP contribution is 2.33. The standard InChI is InChI=1S/C8H12N2O2S/c1-2-10-6(11)8(9-7(10)12)3-4-13-5-8/h2-5H2,1H3,(H,9,12). The molecule has 1 spiro atoms. The van der Waals surface area contributed by atoms with Gasteiger partial charge in [0.25, 0.3) is 5.91 Å². The first kappa shape index (κ1) is 8.87. The number of thioether (sulfide) groups is 1. The van der Waals surface area contributed by atoms with Gasteiger partial charge >= 0.3 is 6.03 Å². The zero-order valence-corrected chi connectivity index (χ0v) is 8.32. The first-order valence-corrected chi connectivity index (χ1v) is 5.57. The molecule has 2 heterocycles. The van der Waals surface area contributed by atoms with Gasteiger partial charge in [0, 0.05) is 12.3 Å². The van der Waals surface area contributed by atoms with E-state index in [0.29, 0.717) is 6.54 Å². The van der Waals surface area contributed by atoms with E-state index in [4.69, 9.17) is 0 Å². The third-order valence-corrected chi connectivity index (χ3v) is 3.77. The Balaban J connectivity index is 2.25. The Labute approximate surface area is 81.0 Å². The number of carbonyl (C=O) groups excluding carboxylic acids is 2. The maximum atomic E-state index is 11.8. The molecule has 0 bridgehead atoms. The predicted molar refractivity (Wildman–Crippen MR) is 50.6 cm³/mol. The van der Waals surface area contributed by atoms with Crippen LogP contribution in [0.25, 0.3) is 0 Å². The molecule has 1 N–H and O–H groups in total. The molecule has 0 aromatic rings. The summed E-state index contributed by atoms with van der Waals surface area (Å²) < 4.78 is 0. The maximum absolute atomic E-state index is 11.8. The van der Waals surface area contributed by atoms with Crippen LogP contribution < -0.4 is 5.32 Å². The third-order valence-electron chi connectivity index (χ3n) is 2.58. The smallest absolute Gasteiger partial charge is 0.322 e. The normalized spacial score (nSPS) is 33.2. The van der Waals surface area contributed by atoms with Crippen LogP contribution in [0.1, 0.15) is 13.3 Å². The number of nitrogens with one attached hydrogen (secondary N) is 1. The van der Waals surface area contributed by atoms with E-state index in [0.717, 1.165) is 17.9 Å². The summed E-state index contributed by atoms with van der Waals surface area (Å²) in [4.78, 5) is 24.5. The Morgan fingerprint density at radius 1 is 1.62 bits per heavy atom. The Morgan fingerprint density at radius 2 is 2.38 bits per heavy atom. The van der Waals surface area contributed by atoms with Gasteiger partial charge in [-0.15, -0.1) is 0 Å². The SMILES string of the molecule is CCN1C(=O)NC2(CCSC2)C1=O. The summed E-state index contributed by atoms with van der Waals surface area (Å²) >= 11 is 1.73. The number of hydrogen-bond acceptors (Lipinski definition) is 3. The molecule has 72 valence electrons. The van der Waals surface area contributed by atoms with Crippen LogP contribution in [0.5, 0.6) is 0 Å². The van der Waals surface area contributed by atoms with Crippen molar-refractivity contribution in [1.82, 2.24) is 10.2 Å². The summed E-state index contributed by atoms with van der Waals surface area (Å²) in [6.45, 7) is 2.29. The summed E-state index contributed by atoms with van der Waals surface area (Å²) in [5.74, 6) is 1.66. The van der Waals surface area contributed by atoms with Crippen LogP contribution in [0.3, 0.4) is 0 Å². The highest BCUT2D eigenvalue weighted by Gasteiger charge is 2.52. The van der Waals surface area contributed by atoms with Gasteiger partial charge in [-0.3, -0.25) is 9.69 Å². The molecule has 0 aromatic carbocycles. The molecule has 2 aliphatic heterocycles. The van der Waals surface area contributed by atoms with E-state index >= 15 is 0 Å². The molecule has 0 saturated carbocycles. The van der Waals surface area contributed by atoms with Crippen LogP contribution in [-0.2, 0) is 4.79 Å². The van der Waals surface area contributed by atoms with E-state index in [2.05, 4.69) is 5.32 Å². The summed E-state index contributed by atoms with van der Waals surface area (Å²) in [6.07, 6.45) is 0.777. The Hall–Kier alpha value is -0.710. The third kappa shape index (κ3) is 1.14. The van der Waals surface area contributed by atoms with Crippen molar-refractivity contribution in [3.8, 4) is 0 Å². The Morgan fingerprint density at radius 3 is 2.85 bits per heavy atom. The summed E-state index contributed by atoms with van der Waals surface area (Å²) in [7, 11) is 0. The van der Waals surface area contributed by atoms with Crippen LogP contribution in [-0.4, -0.2) is 40.4 Å². The van der Waals surface area contributed by atoms with Crippen molar-refractivity contribution < 1.29 is 9.59 Å². The summed E-state index contributed by atoms with van der Waals surface area (Å²) in [6, 6.07) is -0.227. The number of nitrogens with zero attached hydrogens (tertiary/aromatic N) is 1. The highest BCUT2D eigenvalue weighted by molar-refractivity contribution is 7.99. The minimum atomic E-state index is -0.558. The number of amides is 3. The first-order chi connectivity index (χ1) is 6.19. The van der Waals surface area contributed by atoms with Gasteiger partial charge in [0.1, 0.15) is 5.54 Å². The number of rotatable bonds is 1. The Kier molecular flexibility index (Phi) is 1.98. The fourth-order valence-corrected chi connectivity index (χ4v) is 3.12. The summed E-state index contributed by atoms with van der Waals surface area (Å²) in [5.41, 5.74) is -0.558. The first-order valence-electron chi connectivity index (χ1n) is 4.41. The van der Waals surface area contributed by atoms with Gasteiger partial charge in [0.2, 0.25) is 0 Å². The molecule has 13 heavy (non-hydrogen) atoms. The van der Waals surface area contributed by atoms with Crippen LogP contribution >= 0.6 is 11.8 Å². The molecule has 1 atom stereocenters. The zero-order valence-electron chi connectivity index (χ0n) is 7.50. The molecule has 5 heteroatoms. The molecule has 1 unspecified atom stereocenters. The molecule has 0 aliphatic carbocycles. The van der Waals surface area contributed by atoms with Gasteiger partial charge in [-0.2, -0.15) is 11.8 Å². The molecule has 4 nitrogen and oxygen atoms in total. The molecule has 2 saturated heterocycles. The number of imide groups is 1. The monoisotopic (exact) mass is 200 g/mol. The minimum absolute atomic E-state index is 0.0370. The second kappa shape index (κ2) is 2.90. The maximum Gasteiger partial charge on any atom is 0.325 e. The molecule has 2 aliphatic rings. The van der Waals surface area contributed by atoms with Crippen molar-refractivity contribution in [2.45, 2.75) is 18.9 Å². The van der Waals surface area contributed by atoms with Gasteiger partial charge in [-0.05, 0) is 19.1 Å². The van der Waals surface area contributed by atoms with Crippen molar-refractivity contribution in [1.29, 1.82) is 0 Å². The van der Waals surface area contributed by atoms with Gasteiger partial charge in [0.05, 0.1) is 0 Å². The number of likely N-dealkylation sites (N-methyl/N-ethyl adjacent to an activating group) is 1. The molecule has 2 fully saturated rings. The van der Waals surface area contributed by atoms with E-state index in [1.54, 1.807) is 11.8 Å². The fourth-order valence-electron chi connectivity index (χ4n) is 1.80. The van der Waals surface area contributed by atoms with E-state index in [1.807, 2.05) is 6.92 Å². The van der Waals surface area contributed by atoms with E-state index in [-0.39, 0.29) is 11.9 Å². The highest BCUT2D eigenvalue weighted by atomic mass is 32.2. The number of carbonyl (C=O) groups is 2. The fraction of sp³-hybridized carbons (Fsp3) is 0.750. The van der Waals surface area contributed by atoms with E-state index in [1.165, 1.54) is 4.90 Å². The largest absolute Gasteiger partial charge is 0.325 e. The quantitative estimate of drug-likeness (QED) is 0.625.